The van der Waals surface area contributed by atoms with Crippen LogP contribution in [0.25, 0.3) is 0 Å². The molecule has 1 nitrogen and oxygen atoms in total. The summed E-state index contributed by atoms with van der Waals surface area (Å²) < 4.78 is 5.18. The van der Waals surface area contributed by atoms with Crippen molar-refractivity contribution >= 4 is 0 Å². The van der Waals surface area contributed by atoms with Gasteiger partial charge in [0, 0.05) is 13.2 Å². The van der Waals surface area contributed by atoms with E-state index in [1.54, 1.807) is 0 Å². The second-order valence-corrected chi connectivity index (χ2v) is 2.26. The Balaban J connectivity index is 0. The summed E-state index contributed by atoms with van der Waals surface area (Å²) in [6.45, 7) is 6.09. The number of rotatable bonds is 6. The van der Waals surface area contributed by atoms with Gasteiger partial charge in [-0.25, -0.2) is 0 Å². The fourth-order valence-electron chi connectivity index (χ4n) is 0.775. The van der Waals surface area contributed by atoms with Gasteiger partial charge in [-0.3, -0.25) is 0 Å². The van der Waals surface area contributed by atoms with Gasteiger partial charge in [-0.15, -0.1) is 0 Å². The van der Waals surface area contributed by atoms with Crippen LogP contribution in [0, 0.1) is 0 Å². The minimum atomic E-state index is 0. The third kappa shape index (κ3) is 10.9. The highest BCUT2D eigenvalue weighted by Crippen LogP contribution is 1.98. The molecule has 64 valence electrons. The Hall–Kier alpha value is -0.0400. The molecule has 0 atom stereocenters. The van der Waals surface area contributed by atoms with Gasteiger partial charge in [0.15, 0.2) is 0 Å². The van der Waals surface area contributed by atoms with Crippen molar-refractivity contribution in [3.05, 3.63) is 0 Å². The standard InChI is InChI=1S/C8H18O.CH4/c1-3-5-6-7-8-9-4-2;/h3-8H2,1-2H3;1H4. The summed E-state index contributed by atoms with van der Waals surface area (Å²) in [7, 11) is 0. The maximum Gasteiger partial charge on any atom is 0.0465 e. The molecule has 0 saturated carbocycles. The Morgan fingerprint density at radius 2 is 1.70 bits per heavy atom. The molecule has 0 bridgehead atoms. The lowest BCUT2D eigenvalue weighted by Gasteiger charge is -1.98. The van der Waals surface area contributed by atoms with Crippen LogP contribution in [0.1, 0.15) is 47.0 Å². The molecule has 0 N–H and O–H groups in total. The molecule has 0 rings (SSSR count). The lowest BCUT2D eigenvalue weighted by molar-refractivity contribution is 0.143. The van der Waals surface area contributed by atoms with Crippen LogP contribution in [0.5, 0.6) is 0 Å². The molecular weight excluding hydrogens is 124 g/mol. The van der Waals surface area contributed by atoms with Crippen LogP contribution < -0.4 is 0 Å². The van der Waals surface area contributed by atoms with Gasteiger partial charge in [-0.05, 0) is 13.3 Å². The first-order valence-electron chi connectivity index (χ1n) is 3.99. The van der Waals surface area contributed by atoms with Crippen LogP contribution in [0.2, 0.25) is 0 Å². The Morgan fingerprint density at radius 1 is 1.00 bits per heavy atom. The molecule has 0 spiro atoms. The minimum Gasteiger partial charge on any atom is -0.382 e. The molecule has 0 aliphatic carbocycles. The van der Waals surface area contributed by atoms with Crippen LogP contribution in [0.3, 0.4) is 0 Å². The van der Waals surface area contributed by atoms with Crippen molar-refractivity contribution in [2.75, 3.05) is 13.2 Å². The topological polar surface area (TPSA) is 9.23 Å². The first kappa shape index (κ1) is 12.6. The van der Waals surface area contributed by atoms with E-state index in [1.807, 2.05) is 6.92 Å². The fraction of sp³-hybridized carbons (Fsp3) is 1.00. The second kappa shape index (κ2) is 11.7. The summed E-state index contributed by atoms with van der Waals surface area (Å²) in [6, 6.07) is 0. The summed E-state index contributed by atoms with van der Waals surface area (Å²) in [4.78, 5) is 0. The molecule has 10 heavy (non-hydrogen) atoms. The molecule has 0 fully saturated rings. The van der Waals surface area contributed by atoms with E-state index in [1.165, 1.54) is 25.7 Å². The molecule has 0 aromatic heterocycles. The van der Waals surface area contributed by atoms with Gasteiger partial charge in [0.25, 0.3) is 0 Å². The maximum absolute atomic E-state index is 5.18. The second-order valence-electron chi connectivity index (χ2n) is 2.26. The highest BCUT2D eigenvalue weighted by molar-refractivity contribution is 4.37. The quantitative estimate of drug-likeness (QED) is 0.523. The van der Waals surface area contributed by atoms with Crippen LogP contribution in [-0.2, 0) is 4.74 Å². The first-order valence-corrected chi connectivity index (χ1v) is 3.99. The molecule has 1 heteroatoms. The van der Waals surface area contributed by atoms with Gasteiger partial charge in [0.1, 0.15) is 0 Å². The van der Waals surface area contributed by atoms with Crippen molar-refractivity contribution in [1.82, 2.24) is 0 Å². The highest BCUT2D eigenvalue weighted by atomic mass is 16.5. The molecular formula is C9H22O. The molecule has 0 saturated heterocycles. The number of ether oxygens (including phenoxy) is 1. The van der Waals surface area contributed by atoms with Crippen molar-refractivity contribution < 1.29 is 4.74 Å². The van der Waals surface area contributed by atoms with Gasteiger partial charge in [-0.1, -0.05) is 33.6 Å². The van der Waals surface area contributed by atoms with E-state index in [0.29, 0.717) is 0 Å². The van der Waals surface area contributed by atoms with Crippen LogP contribution >= 0.6 is 0 Å². The van der Waals surface area contributed by atoms with Crippen molar-refractivity contribution in [2.45, 2.75) is 47.0 Å². The Labute approximate surface area is 65.8 Å². The summed E-state index contributed by atoms with van der Waals surface area (Å²) in [5, 5.41) is 0. The molecule has 0 aliphatic rings. The Bertz CT molecular complexity index is 38.0. The summed E-state index contributed by atoms with van der Waals surface area (Å²) in [6.07, 6.45) is 5.23. The van der Waals surface area contributed by atoms with E-state index >= 15 is 0 Å². The minimum absolute atomic E-state index is 0. The van der Waals surface area contributed by atoms with Gasteiger partial charge in [-0.2, -0.15) is 0 Å². The van der Waals surface area contributed by atoms with E-state index in [-0.39, 0.29) is 7.43 Å². The van der Waals surface area contributed by atoms with E-state index in [0.717, 1.165) is 13.2 Å². The molecule has 0 aliphatic heterocycles. The first-order chi connectivity index (χ1) is 4.41. The number of unbranched alkanes of at least 4 members (excludes halogenated alkanes) is 3. The molecule has 0 unspecified atom stereocenters. The smallest absolute Gasteiger partial charge is 0.0465 e. The van der Waals surface area contributed by atoms with E-state index < -0.39 is 0 Å². The number of hydrogen-bond donors (Lipinski definition) is 0. The molecule has 0 aromatic carbocycles. The third-order valence-corrected chi connectivity index (χ3v) is 1.35. The largest absolute Gasteiger partial charge is 0.382 e. The van der Waals surface area contributed by atoms with Crippen LogP contribution in [-0.4, -0.2) is 13.2 Å². The van der Waals surface area contributed by atoms with Crippen molar-refractivity contribution in [2.24, 2.45) is 0 Å². The van der Waals surface area contributed by atoms with Gasteiger partial charge < -0.3 is 4.74 Å². The van der Waals surface area contributed by atoms with Crippen molar-refractivity contribution in [3.63, 3.8) is 0 Å². The third-order valence-electron chi connectivity index (χ3n) is 1.35. The zero-order valence-corrected chi connectivity index (χ0v) is 6.65. The predicted octanol–water partition coefficient (Wildman–Crippen LogP) is 3.24. The monoisotopic (exact) mass is 146 g/mol. The number of hydrogen-bond acceptors (Lipinski definition) is 1. The summed E-state index contributed by atoms with van der Waals surface area (Å²) in [5.74, 6) is 0. The zero-order chi connectivity index (χ0) is 6.95. The van der Waals surface area contributed by atoms with E-state index in [2.05, 4.69) is 6.92 Å². The average molecular weight is 146 g/mol. The van der Waals surface area contributed by atoms with Gasteiger partial charge in [0.05, 0.1) is 0 Å². The Kier molecular flexibility index (Phi) is 14.8. The molecule has 0 aromatic rings. The molecule has 0 radical (unpaired) electrons. The Morgan fingerprint density at radius 3 is 2.20 bits per heavy atom. The van der Waals surface area contributed by atoms with E-state index in [4.69, 9.17) is 4.74 Å². The lowest BCUT2D eigenvalue weighted by atomic mass is 10.2. The van der Waals surface area contributed by atoms with Crippen LogP contribution in [0.4, 0.5) is 0 Å². The highest BCUT2D eigenvalue weighted by Gasteiger charge is 1.85. The fourth-order valence-corrected chi connectivity index (χ4v) is 0.775. The van der Waals surface area contributed by atoms with Gasteiger partial charge in [0.2, 0.25) is 0 Å². The normalized spacial score (nSPS) is 9.00. The van der Waals surface area contributed by atoms with Crippen LogP contribution in [0.15, 0.2) is 0 Å². The van der Waals surface area contributed by atoms with Crippen molar-refractivity contribution in [1.29, 1.82) is 0 Å². The molecule has 0 amide bonds. The zero-order valence-electron chi connectivity index (χ0n) is 6.65. The molecule has 0 heterocycles. The summed E-state index contributed by atoms with van der Waals surface area (Å²) in [5.41, 5.74) is 0. The summed E-state index contributed by atoms with van der Waals surface area (Å²) >= 11 is 0. The predicted molar refractivity (Wildman–Crippen MR) is 47.4 cm³/mol. The average Bonchev–Trinajstić information content (AvgIpc) is 1.89. The SMILES string of the molecule is C.CCCCCCOCC. The van der Waals surface area contributed by atoms with Gasteiger partial charge >= 0.3 is 0 Å². The van der Waals surface area contributed by atoms with Crippen molar-refractivity contribution in [3.8, 4) is 0 Å². The van der Waals surface area contributed by atoms with E-state index in [9.17, 15) is 0 Å². The maximum atomic E-state index is 5.18. The lowest BCUT2D eigenvalue weighted by Crippen LogP contribution is -1.92.